The minimum absolute atomic E-state index is 0.196. The van der Waals surface area contributed by atoms with E-state index in [1.54, 1.807) is 0 Å². The minimum Gasteiger partial charge on any atom is -0.337 e. The Bertz CT molecular complexity index is 3210. The van der Waals surface area contributed by atoms with Crippen molar-refractivity contribution >= 4 is 80.8 Å². The Hall–Kier alpha value is -6.34. The molecule has 0 aliphatic heterocycles. The molecule has 0 amide bonds. The highest BCUT2D eigenvalue weighted by molar-refractivity contribution is 7.25. The lowest BCUT2D eigenvalue weighted by Crippen LogP contribution is -2.40. The number of benzene rings is 7. The van der Waals surface area contributed by atoms with Gasteiger partial charge in [0, 0.05) is 77.9 Å². The van der Waals surface area contributed by atoms with Crippen LogP contribution in [0.3, 0.4) is 0 Å². The van der Waals surface area contributed by atoms with Gasteiger partial charge in [-0.25, -0.2) is 0 Å². The van der Waals surface area contributed by atoms with E-state index in [2.05, 4.69) is 180 Å². The van der Waals surface area contributed by atoms with E-state index in [1.807, 2.05) is 11.3 Å². The van der Waals surface area contributed by atoms with Crippen LogP contribution in [-0.4, -0.2) is 10.6 Å². The normalized spacial score (nSPS) is 17.2. The van der Waals surface area contributed by atoms with Gasteiger partial charge in [0.25, 0.3) is 0 Å². The zero-order chi connectivity index (χ0) is 35.5. The fourth-order valence-electron chi connectivity index (χ4n) is 10.1. The van der Waals surface area contributed by atoms with Gasteiger partial charge in [0.2, 0.25) is 0 Å². The van der Waals surface area contributed by atoms with E-state index in [-0.39, 0.29) is 6.04 Å². The third-order valence-corrected chi connectivity index (χ3v) is 13.3. The number of aromatic nitrogens is 1. The average molecular weight is 707 g/mol. The molecule has 2 nitrogen and oxygen atoms in total. The molecule has 0 fully saturated rings. The molecule has 3 heteroatoms. The summed E-state index contributed by atoms with van der Waals surface area (Å²) in [4.78, 5) is 2.69. The molecular formula is C51H34N2S. The van der Waals surface area contributed by atoms with Crippen LogP contribution in [0.15, 0.2) is 169 Å². The van der Waals surface area contributed by atoms with E-state index < -0.39 is 0 Å². The highest BCUT2D eigenvalue weighted by Gasteiger charge is 2.38. The predicted octanol–water partition coefficient (Wildman–Crippen LogP) is 13.4. The van der Waals surface area contributed by atoms with Crippen molar-refractivity contribution in [2.24, 2.45) is 0 Å². The summed E-state index contributed by atoms with van der Waals surface area (Å²) in [5, 5.41) is 9.16. The zero-order valence-electron chi connectivity index (χ0n) is 29.8. The van der Waals surface area contributed by atoms with Gasteiger partial charge in [-0.15, -0.1) is 11.3 Å². The molecule has 54 heavy (non-hydrogen) atoms. The Morgan fingerprint density at radius 3 is 2.35 bits per heavy atom. The van der Waals surface area contributed by atoms with Gasteiger partial charge in [0.05, 0.1) is 11.2 Å². The van der Waals surface area contributed by atoms with Crippen LogP contribution in [0, 0.1) is 0 Å². The molecule has 2 aromatic heterocycles. The summed E-state index contributed by atoms with van der Waals surface area (Å²) in [5.41, 5.74) is 20.1. The molecule has 2 atom stereocenters. The Morgan fingerprint density at radius 2 is 1.44 bits per heavy atom. The van der Waals surface area contributed by atoms with Crippen LogP contribution in [0.25, 0.3) is 69.5 Å². The van der Waals surface area contributed by atoms with Gasteiger partial charge in [0.1, 0.15) is 0 Å². The summed E-state index contributed by atoms with van der Waals surface area (Å²) in [6.07, 6.45) is 4.17. The van der Waals surface area contributed by atoms with Crippen LogP contribution in [0.1, 0.15) is 41.6 Å². The van der Waals surface area contributed by atoms with Crippen LogP contribution in [0.2, 0.25) is 0 Å². The van der Waals surface area contributed by atoms with Crippen molar-refractivity contribution in [3.05, 3.63) is 191 Å². The molecule has 0 N–H and O–H groups in total. The Labute approximate surface area is 317 Å². The van der Waals surface area contributed by atoms with Crippen LogP contribution in [-0.2, 0) is 6.42 Å². The predicted molar refractivity (Wildman–Crippen MR) is 229 cm³/mol. The maximum atomic E-state index is 3.67. The fourth-order valence-corrected chi connectivity index (χ4v) is 11.1. The smallest absolute Gasteiger partial charge is 0.0591 e. The molecule has 254 valence electrons. The Kier molecular flexibility index (Phi) is 6.33. The van der Waals surface area contributed by atoms with Gasteiger partial charge in [-0.2, -0.15) is 0 Å². The van der Waals surface area contributed by atoms with Crippen LogP contribution in [0.4, 0.5) is 5.69 Å². The topological polar surface area (TPSA) is 8.17 Å². The van der Waals surface area contributed by atoms with Gasteiger partial charge in [-0.1, -0.05) is 115 Å². The monoisotopic (exact) mass is 706 g/mol. The molecule has 0 spiro atoms. The molecule has 3 aliphatic carbocycles. The van der Waals surface area contributed by atoms with E-state index in [4.69, 9.17) is 0 Å². The molecule has 9 aromatic rings. The van der Waals surface area contributed by atoms with Crippen molar-refractivity contribution in [3.63, 3.8) is 0 Å². The first-order valence-electron chi connectivity index (χ1n) is 19.0. The van der Waals surface area contributed by atoms with Crippen molar-refractivity contribution in [1.82, 2.24) is 4.57 Å². The quantitative estimate of drug-likeness (QED) is 0.131. The van der Waals surface area contributed by atoms with E-state index in [0.29, 0.717) is 5.92 Å². The number of nitrogens with zero attached hydrogens (tertiary/aromatic N) is 2. The Morgan fingerprint density at radius 1 is 0.685 bits per heavy atom. The maximum absolute atomic E-state index is 3.67. The maximum Gasteiger partial charge on any atom is 0.0591 e. The van der Waals surface area contributed by atoms with E-state index >= 15 is 0 Å². The molecule has 3 aliphatic rings. The lowest BCUT2D eigenvalue weighted by atomic mass is 9.82. The van der Waals surface area contributed by atoms with Gasteiger partial charge in [0.15, 0.2) is 0 Å². The van der Waals surface area contributed by atoms with Gasteiger partial charge < -0.3 is 9.47 Å². The number of anilines is 1. The molecule has 2 unspecified atom stereocenters. The molecule has 0 bridgehead atoms. The van der Waals surface area contributed by atoms with E-state index in [0.717, 1.165) is 18.4 Å². The lowest BCUT2D eigenvalue weighted by Gasteiger charge is -2.40. The van der Waals surface area contributed by atoms with Gasteiger partial charge in [-0.05, 0) is 93.5 Å². The second-order valence-corrected chi connectivity index (χ2v) is 16.2. The zero-order valence-corrected chi connectivity index (χ0v) is 30.6. The number of para-hydroxylation sites is 2. The SMILES string of the molecule is CC1CC(N(C2=C3C(=C=C=C2)c2c4ccccc4cc4cccc3c24)c2ccc3sc4ccccc4c3c2)Cc2c1c1ccccc1n2-c1ccccc1. The first-order valence-corrected chi connectivity index (χ1v) is 19.8. The number of rotatable bonds is 4. The molecule has 12 rings (SSSR count). The van der Waals surface area contributed by atoms with Crippen molar-refractivity contribution in [2.75, 3.05) is 4.90 Å². The number of allylic oxidation sites excluding steroid dienone is 3. The highest BCUT2D eigenvalue weighted by Crippen LogP contribution is 2.53. The van der Waals surface area contributed by atoms with Crippen LogP contribution >= 0.6 is 11.3 Å². The average Bonchev–Trinajstić information content (AvgIpc) is 3.88. The van der Waals surface area contributed by atoms with Crippen molar-refractivity contribution in [2.45, 2.75) is 31.7 Å². The second kappa shape index (κ2) is 11.3. The highest BCUT2D eigenvalue weighted by atomic mass is 32.1. The summed E-state index contributed by atoms with van der Waals surface area (Å²) >= 11 is 1.88. The van der Waals surface area contributed by atoms with E-state index in [9.17, 15) is 0 Å². The molecule has 2 heterocycles. The Balaban J connectivity index is 1.13. The lowest BCUT2D eigenvalue weighted by molar-refractivity contribution is 0.491. The molecular weight excluding hydrogens is 673 g/mol. The van der Waals surface area contributed by atoms with Crippen molar-refractivity contribution < 1.29 is 0 Å². The van der Waals surface area contributed by atoms with Crippen LogP contribution < -0.4 is 4.90 Å². The largest absolute Gasteiger partial charge is 0.337 e. The third-order valence-electron chi connectivity index (χ3n) is 12.2. The van der Waals surface area contributed by atoms with Gasteiger partial charge in [-0.3, -0.25) is 0 Å². The summed E-state index contributed by atoms with van der Waals surface area (Å²) in [7, 11) is 0. The summed E-state index contributed by atoms with van der Waals surface area (Å²) in [6.45, 7) is 2.44. The second-order valence-electron chi connectivity index (χ2n) is 15.1. The fraction of sp³-hybridized carbons (Fsp3) is 0.0980. The number of hydrogen-bond donors (Lipinski definition) is 0. The summed E-state index contributed by atoms with van der Waals surface area (Å²) < 4.78 is 5.20. The standard InChI is InChI=1S/C51H34N2S/c1-31-27-36(30-45-48(31)39-19-7-9-22-43(39)53(45)34-15-3-2-4-16-34)52(35-25-26-47-42(29-35)38-18-8-10-24-46(38)54-47)44-23-12-21-41-50(44)40-20-11-14-33-28-32-13-5-6-17-37(32)51(41)49(33)40/h2-11,13-20,22-26,28-29,31,36H,27,30H2,1H3. The minimum atomic E-state index is 0.196. The van der Waals surface area contributed by atoms with Crippen LogP contribution in [0.5, 0.6) is 0 Å². The molecule has 0 saturated carbocycles. The number of hydrogen-bond acceptors (Lipinski definition) is 2. The summed E-state index contributed by atoms with van der Waals surface area (Å²) in [5.74, 6) is 0.360. The van der Waals surface area contributed by atoms with E-state index in [1.165, 1.54) is 97.6 Å². The van der Waals surface area contributed by atoms with Gasteiger partial charge >= 0.3 is 0 Å². The third kappa shape index (κ3) is 4.18. The molecule has 0 radical (unpaired) electrons. The molecule has 7 aromatic carbocycles. The first-order chi connectivity index (χ1) is 26.7. The van der Waals surface area contributed by atoms with Crippen molar-refractivity contribution in [3.8, 4) is 5.69 Å². The summed E-state index contributed by atoms with van der Waals surface area (Å²) in [6, 6.07) is 54.2. The molecule has 0 saturated heterocycles. The first kappa shape index (κ1) is 30.2. The number of thiophene rings is 1. The number of fused-ring (bicyclic) bond motifs is 11. The van der Waals surface area contributed by atoms with Crippen molar-refractivity contribution in [1.29, 1.82) is 0 Å².